The van der Waals surface area contributed by atoms with Gasteiger partial charge in [-0.05, 0) is 47.0 Å². The van der Waals surface area contributed by atoms with E-state index in [-0.39, 0.29) is 18.2 Å². The minimum Gasteiger partial charge on any atom is -0.444 e. The molecular weight excluding hydrogens is 346 g/mol. The van der Waals surface area contributed by atoms with E-state index in [1.807, 2.05) is 20.8 Å². The Kier molecular flexibility index (Phi) is 5.10. The number of hydrogen-bond donors (Lipinski definition) is 1. The van der Waals surface area contributed by atoms with Gasteiger partial charge in [-0.3, -0.25) is 9.78 Å². The van der Waals surface area contributed by atoms with Crippen molar-refractivity contribution in [3.05, 3.63) is 28.4 Å². The molecule has 0 radical (unpaired) electrons. The van der Waals surface area contributed by atoms with Crippen molar-refractivity contribution < 1.29 is 14.6 Å². The monoisotopic (exact) mass is 377 g/mol. The van der Waals surface area contributed by atoms with Crippen LogP contribution in [0.5, 0.6) is 0 Å². The number of hydrogen-bond acceptors (Lipinski definition) is 5. The summed E-state index contributed by atoms with van der Waals surface area (Å²) >= 11 is 0. The zero-order valence-electron chi connectivity index (χ0n) is 16.8. The molecule has 0 aromatic carbocycles. The number of likely N-dealkylation sites (tertiary alicyclic amines) is 1. The summed E-state index contributed by atoms with van der Waals surface area (Å²) in [7, 11) is 0. The third-order valence-electron chi connectivity index (χ3n) is 6.01. The third-order valence-corrected chi connectivity index (χ3v) is 6.01. The summed E-state index contributed by atoms with van der Waals surface area (Å²) in [5.74, 6) is 0. The lowest BCUT2D eigenvalue weighted by molar-refractivity contribution is -0.140. The largest absolute Gasteiger partial charge is 0.444 e. The minimum atomic E-state index is -1.03. The topological polar surface area (TPSA) is 84.7 Å². The highest BCUT2D eigenvalue weighted by Gasteiger charge is 2.56. The van der Waals surface area contributed by atoms with E-state index >= 15 is 0 Å². The molecule has 1 aromatic heterocycles. The van der Waals surface area contributed by atoms with E-state index in [0.717, 1.165) is 25.7 Å². The second kappa shape index (κ2) is 6.93. The van der Waals surface area contributed by atoms with Crippen molar-refractivity contribution in [2.45, 2.75) is 77.5 Å². The van der Waals surface area contributed by atoms with E-state index < -0.39 is 16.6 Å². The first-order valence-electron chi connectivity index (χ1n) is 9.78. The van der Waals surface area contributed by atoms with Gasteiger partial charge in [-0.2, -0.15) is 0 Å². The standard InChI is InChI=1S/C20H31N3O4/c1-15-16(24)22(12-10-21-15)14-20(26)9-11-23(17(25)27-18(2,3)4)13-19(20)7-5-6-8-19/h10,12,26H,5-9,11,13-14H2,1-4H3. The molecule has 1 unspecified atom stereocenters. The van der Waals surface area contributed by atoms with Gasteiger partial charge in [0.05, 0.1) is 12.1 Å². The van der Waals surface area contributed by atoms with Crippen LogP contribution in [0, 0.1) is 12.3 Å². The number of carbonyl (C=O) groups is 1. The maximum Gasteiger partial charge on any atom is 0.410 e. The molecule has 0 bridgehead atoms. The molecule has 1 aliphatic carbocycles. The Hall–Kier alpha value is -1.89. The van der Waals surface area contributed by atoms with Crippen LogP contribution in [0.25, 0.3) is 0 Å². The SMILES string of the molecule is Cc1nccn(CC2(O)CCN(C(=O)OC(C)(C)C)CC23CCCC3)c1=O. The summed E-state index contributed by atoms with van der Waals surface area (Å²) in [6.07, 6.45) is 7.08. The number of piperidine rings is 1. The number of aromatic nitrogens is 2. The van der Waals surface area contributed by atoms with Crippen LogP contribution < -0.4 is 5.56 Å². The van der Waals surface area contributed by atoms with E-state index in [9.17, 15) is 14.7 Å². The number of aryl methyl sites for hydroxylation is 1. The Balaban J connectivity index is 1.85. The first-order valence-corrected chi connectivity index (χ1v) is 9.78. The van der Waals surface area contributed by atoms with Crippen molar-refractivity contribution in [1.82, 2.24) is 14.5 Å². The zero-order chi connectivity index (χ0) is 19.9. The average molecular weight is 377 g/mol. The Morgan fingerprint density at radius 2 is 1.96 bits per heavy atom. The number of aliphatic hydroxyl groups is 1. The molecule has 1 N–H and O–H groups in total. The number of ether oxygens (including phenoxy) is 1. The maximum atomic E-state index is 12.6. The van der Waals surface area contributed by atoms with Crippen LogP contribution >= 0.6 is 0 Å². The van der Waals surface area contributed by atoms with Crippen LogP contribution in [0.15, 0.2) is 17.2 Å². The molecular formula is C20H31N3O4. The normalized spacial score (nSPS) is 25.0. The Labute approximate surface area is 160 Å². The Bertz CT molecular complexity index is 761. The molecule has 1 spiro atoms. The van der Waals surface area contributed by atoms with Crippen LogP contribution in [0.2, 0.25) is 0 Å². The van der Waals surface area contributed by atoms with E-state index in [2.05, 4.69) is 4.98 Å². The summed E-state index contributed by atoms with van der Waals surface area (Å²) in [5.41, 5.74) is -1.73. The number of amides is 1. The summed E-state index contributed by atoms with van der Waals surface area (Å²) < 4.78 is 7.10. The van der Waals surface area contributed by atoms with Crippen LogP contribution in [-0.4, -0.2) is 49.9 Å². The van der Waals surface area contributed by atoms with Crippen molar-refractivity contribution in [1.29, 1.82) is 0 Å². The van der Waals surface area contributed by atoms with Gasteiger partial charge in [0.1, 0.15) is 11.3 Å². The van der Waals surface area contributed by atoms with Gasteiger partial charge in [0.25, 0.3) is 5.56 Å². The van der Waals surface area contributed by atoms with Crippen LogP contribution in [-0.2, 0) is 11.3 Å². The fourth-order valence-corrected chi connectivity index (χ4v) is 4.54. The van der Waals surface area contributed by atoms with Crippen LogP contribution in [0.3, 0.4) is 0 Å². The van der Waals surface area contributed by atoms with Crippen molar-refractivity contribution in [2.24, 2.45) is 5.41 Å². The van der Waals surface area contributed by atoms with Crippen molar-refractivity contribution >= 4 is 6.09 Å². The van der Waals surface area contributed by atoms with Gasteiger partial charge in [0, 0.05) is 30.9 Å². The summed E-state index contributed by atoms with van der Waals surface area (Å²) in [4.78, 5) is 30.8. The summed E-state index contributed by atoms with van der Waals surface area (Å²) in [5, 5.41) is 11.7. The molecule has 2 aliphatic rings. The molecule has 1 aliphatic heterocycles. The number of nitrogens with zero attached hydrogens (tertiary/aromatic N) is 3. The van der Waals surface area contributed by atoms with Gasteiger partial charge in [-0.15, -0.1) is 0 Å². The van der Waals surface area contributed by atoms with E-state index in [1.54, 1.807) is 28.8 Å². The number of carbonyl (C=O) groups excluding carboxylic acids is 1. The summed E-state index contributed by atoms with van der Waals surface area (Å²) in [6.45, 7) is 8.37. The molecule has 3 rings (SSSR count). The molecule has 1 aromatic rings. The molecule has 27 heavy (non-hydrogen) atoms. The second-order valence-corrected chi connectivity index (χ2v) is 9.12. The minimum absolute atomic E-state index is 0.173. The molecule has 150 valence electrons. The molecule has 2 heterocycles. The van der Waals surface area contributed by atoms with Gasteiger partial charge in [0.2, 0.25) is 0 Å². The van der Waals surface area contributed by atoms with Crippen LogP contribution in [0.1, 0.15) is 58.6 Å². The van der Waals surface area contributed by atoms with E-state index in [0.29, 0.717) is 25.2 Å². The highest BCUT2D eigenvalue weighted by atomic mass is 16.6. The second-order valence-electron chi connectivity index (χ2n) is 9.12. The van der Waals surface area contributed by atoms with Crippen LogP contribution in [0.4, 0.5) is 4.79 Å². The van der Waals surface area contributed by atoms with Gasteiger partial charge in [-0.25, -0.2) is 4.79 Å². The fourth-order valence-electron chi connectivity index (χ4n) is 4.54. The van der Waals surface area contributed by atoms with Gasteiger partial charge in [0.15, 0.2) is 0 Å². The molecule has 1 amide bonds. The van der Waals surface area contributed by atoms with Crippen molar-refractivity contribution in [3.8, 4) is 0 Å². The van der Waals surface area contributed by atoms with Crippen molar-refractivity contribution in [3.63, 3.8) is 0 Å². The Morgan fingerprint density at radius 1 is 1.30 bits per heavy atom. The zero-order valence-corrected chi connectivity index (χ0v) is 16.8. The Morgan fingerprint density at radius 3 is 2.59 bits per heavy atom. The first kappa shape index (κ1) is 19.9. The smallest absolute Gasteiger partial charge is 0.410 e. The average Bonchev–Trinajstić information content (AvgIpc) is 3.03. The number of rotatable bonds is 2. The lowest BCUT2D eigenvalue weighted by atomic mass is 9.66. The highest BCUT2D eigenvalue weighted by Crippen LogP contribution is 2.51. The first-order chi connectivity index (χ1) is 12.6. The fraction of sp³-hybridized carbons (Fsp3) is 0.750. The highest BCUT2D eigenvalue weighted by molar-refractivity contribution is 5.68. The van der Waals surface area contributed by atoms with Gasteiger partial charge in [-0.1, -0.05) is 12.8 Å². The third kappa shape index (κ3) is 3.88. The van der Waals surface area contributed by atoms with Gasteiger partial charge < -0.3 is 19.3 Å². The molecule has 2 fully saturated rings. The van der Waals surface area contributed by atoms with Gasteiger partial charge >= 0.3 is 6.09 Å². The maximum absolute atomic E-state index is 12.6. The predicted octanol–water partition coefficient (Wildman–Crippen LogP) is 2.48. The summed E-state index contributed by atoms with van der Waals surface area (Å²) in [6, 6.07) is 0. The molecule has 1 saturated carbocycles. The molecule has 1 atom stereocenters. The van der Waals surface area contributed by atoms with Crippen molar-refractivity contribution in [2.75, 3.05) is 13.1 Å². The molecule has 7 heteroatoms. The lowest BCUT2D eigenvalue weighted by Crippen LogP contribution is -2.62. The molecule has 1 saturated heterocycles. The van der Waals surface area contributed by atoms with E-state index in [1.165, 1.54) is 0 Å². The lowest BCUT2D eigenvalue weighted by Gasteiger charge is -2.52. The quantitative estimate of drug-likeness (QED) is 0.856. The molecule has 7 nitrogen and oxygen atoms in total. The predicted molar refractivity (Wildman–Crippen MR) is 102 cm³/mol. The van der Waals surface area contributed by atoms with E-state index in [4.69, 9.17) is 4.74 Å².